The van der Waals surface area contributed by atoms with Crippen molar-refractivity contribution in [3.05, 3.63) is 95.8 Å². The summed E-state index contributed by atoms with van der Waals surface area (Å²) in [6, 6.07) is 18.6. The molecule has 0 fully saturated rings. The molecule has 0 unspecified atom stereocenters. The van der Waals surface area contributed by atoms with Crippen LogP contribution in [0.25, 0.3) is 5.69 Å². The van der Waals surface area contributed by atoms with Gasteiger partial charge in [-0.25, -0.2) is 9.07 Å². The Morgan fingerprint density at radius 3 is 2.44 bits per heavy atom. The van der Waals surface area contributed by atoms with Gasteiger partial charge in [0.25, 0.3) is 5.91 Å². The minimum Gasteiger partial charge on any atom is -0.459 e. The molecule has 1 amide bonds. The summed E-state index contributed by atoms with van der Waals surface area (Å²) in [4.78, 5) is 14.8. The average Bonchev–Trinajstić information content (AvgIpc) is 3.42. The molecule has 0 atom stereocenters. The number of rotatable bonds is 7. The number of hydrogen-bond donors (Lipinski definition) is 0. The van der Waals surface area contributed by atoms with Gasteiger partial charge in [0.15, 0.2) is 5.76 Å². The van der Waals surface area contributed by atoms with Crippen LogP contribution in [0, 0.1) is 12.7 Å². The van der Waals surface area contributed by atoms with Crippen LogP contribution < -0.4 is 4.74 Å². The van der Waals surface area contributed by atoms with Gasteiger partial charge in [0.05, 0.1) is 29.8 Å². The van der Waals surface area contributed by atoms with E-state index < -0.39 is 0 Å². The molecule has 32 heavy (non-hydrogen) atoms. The Hall–Kier alpha value is -3.87. The number of aromatic nitrogens is 2. The van der Waals surface area contributed by atoms with E-state index in [2.05, 4.69) is 5.10 Å². The number of benzene rings is 2. The predicted octanol–water partition coefficient (Wildman–Crippen LogP) is 5.76. The van der Waals surface area contributed by atoms with Crippen molar-refractivity contribution in [1.82, 2.24) is 14.7 Å². The van der Waals surface area contributed by atoms with E-state index in [-0.39, 0.29) is 30.1 Å². The number of furan rings is 1. The Balaban J connectivity index is 1.78. The van der Waals surface area contributed by atoms with Gasteiger partial charge in [-0.3, -0.25) is 4.79 Å². The minimum atomic E-state index is -0.335. The molecule has 0 aliphatic heterocycles. The standard InChI is InChI=1S/C25H24FN3O3/c1-17(2)28(24(30)23-10-7-15-31-23)16-22-18(3)27-29(20-13-11-19(26)12-14-20)25(22)32-21-8-5-4-6-9-21/h4-15,17H,16H2,1-3H3. The van der Waals surface area contributed by atoms with Crippen molar-refractivity contribution < 1.29 is 18.3 Å². The fraction of sp³-hybridized carbons (Fsp3) is 0.200. The summed E-state index contributed by atoms with van der Waals surface area (Å²) in [6.07, 6.45) is 1.48. The molecule has 4 rings (SSSR count). The Bertz CT molecular complexity index is 1180. The van der Waals surface area contributed by atoms with Crippen molar-refractivity contribution in [3.63, 3.8) is 0 Å². The molecule has 0 radical (unpaired) electrons. The SMILES string of the molecule is Cc1nn(-c2ccc(F)cc2)c(Oc2ccccc2)c1CN(C(=O)c1ccco1)C(C)C. The van der Waals surface area contributed by atoms with Gasteiger partial charge >= 0.3 is 0 Å². The quantitative estimate of drug-likeness (QED) is 0.372. The molecule has 4 aromatic rings. The van der Waals surface area contributed by atoms with E-state index in [1.807, 2.05) is 51.1 Å². The van der Waals surface area contributed by atoms with Crippen LogP contribution in [0.15, 0.2) is 77.4 Å². The van der Waals surface area contributed by atoms with E-state index >= 15 is 0 Å². The zero-order valence-electron chi connectivity index (χ0n) is 18.2. The van der Waals surface area contributed by atoms with Gasteiger partial charge in [0.1, 0.15) is 11.6 Å². The summed E-state index contributed by atoms with van der Waals surface area (Å²) < 4.78 is 26.7. The summed E-state index contributed by atoms with van der Waals surface area (Å²) in [5, 5.41) is 4.65. The van der Waals surface area contributed by atoms with Gasteiger partial charge in [-0.2, -0.15) is 5.10 Å². The number of aryl methyl sites for hydroxylation is 1. The summed E-state index contributed by atoms with van der Waals surface area (Å²) in [5.41, 5.74) is 2.12. The third-order valence-corrected chi connectivity index (χ3v) is 5.11. The molecular weight excluding hydrogens is 409 g/mol. The second-order valence-electron chi connectivity index (χ2n) is 7.68. The lowest BCUT2D eigenvalue weighted by atomic mass is 10.2. The number of ether oxygens (including phenoxy) is 1. The summed E-state index contributed by atoms with van der Waals surface area (Å²) >= 11 is 0. The molecule has 7 heteroatoms. The van der Waals surface area contributed by atoms with Gasteiger partial charge in [0, 0.05) is 6.04 Å². The first-order chi connectivity index (χ1) is 15.4. The second kappa shape index (κ2) is 9.09. The molecule has 0 bridgehead atoms. The highest BCUT2D eigenvalue weighted by atomic mass is 19.1. The van der Waals surface area contributed by atoms with Crippen molar-refractivity contribution in [3.8, 4) is 17.3 Å². The highest BCUT2D eigenvalue weighted by Gasteiger charge is 2.27. The van der Waals surface area contributed by atoms with E-state index in [9.17, 15) is 9.18 Å². The Labute approximate surface area is 185 Å². The lowest BCUT2D eigenvalue weighted by Gasteiger charge is -2.26. The molecule has 0 spiro atoms. The molecule has 0 N–H and O–H groups in total. The average molecular weight is 433 g/mol. The number of carbonyl (C=O) groups is 1. The van der Waals surface area contributed by atoms with Crippen molar-refractivity contribution in [2.45, 2.75) is 33.4 Å². The highest BCUT2D eigenvalue weighted by molar-refractivity contribution is 5.91. The van der Waals surface area contributed by atoms with Crippen LogP contribution >= 0.6 is 0 Å². The molecular formula is C25H24FN3O3. The molecule has 0 aliphatic carbocycles. The van der Waals surface area contributed by atoms with E-state index in [1.54, 1.807) is 33.8 Å². The van der Waals surface area contributed by atoms with Crippen molar-refractivity contribution >= 4 is 5.91 Å². The zero-order chi connectivity index (χ0) is 22.7. The Kier molecular flexibility index (Phi) is 6.07. The third kappa shape index (κ3) is 4.42. The molecule has 2 aromatic carbocycles. The number of amides is 1. The molecule has 0 saturated heterocycles. The summed E-state index contributed by atoms with van der Waals surface area (Å²) in [7, 11) is 0. The van der Waals surface area contributed by atoms with E-state index in [0.717, 1.165) is 5.56 Å². The topological polar surface area (TPSA) is 60.5 Å². The highest BCUT2D eigenvalue weighted by Crippen LogP contribution is 2.32. The fourth-order valence-electron chi connectivity index (χ4n) is 3.38. The first-order valence-corrected chi connectivity index (χ1v) is 10.4. The molecule has 0 aliphatic rings. The maximum absolute atomic E-state index is 13.5. The lowest BCUT2D eigenvalue weighted by molar-refractivity contribution is 0.0656. The Morgan fingerprint density at radius 1 is 1.09 bits per heavy atom. The van der Waals surface area contributed by atoms with E-state index in [4.69, 9.17) is 9.15 Å². The van der Waals surface area contributed by atoms with Crippen LogP contribution in [-0.4, -0.2) is 26.6 Å². The molecule has 2 aromatic heterocycles. The van der Waals surface area contributed by atoms with Gasteiger partial charge < -0.3 is 14.1 Å². The predicted molar refractivity (Wildman–Crippen MR) is 118 cm³/mol. The monoisotopic (exact) mass is 433 g/mol. The van der Waals surface area contributed by atoms with E-state index in [0.29, 0.717) is 23.0 Å². The van der Waals surface area contributed by atoms with Crippen molar-refractivity contribution in [1.29, 1.82) is 0 Å². The molecule has 6 nitrogen and oxygen atoms in total. The zero-order valence-corrected chi connectivity index (χ0v) is 18.2. The van der Waals surface area contributed by atoms with Crippen LogP contribution in [0.4, 0.5) is 4.39 Å². The summed E-state index contributed by atoms with van der Waals surface area (Å²) in [6.45, 7) is 6.02. The molecule has 0 saturated carbocycles. The number of para-hydroxylation sites is 1. The van der Waals surface area contributed by atoms with Gasteiger partial charge in [-0.05, 0) is 69.3 Å². The van der Waals surface area contributed by atoms with Gasteiger partial charge in [0.2, 0.25) is 5.88 Å². The number of nitrogens with zero attached hydrogens (tertiary/aromatic N) is 3. The van der Waals surface area contributed by atoms with Crippen LogP contribution in [-0.2, 0) is 6.54 Å². The Morgan fingerprint density at radius 2 is 1.81 bits per heavy atom. The van der Waals surface area contributed by atoms with Crippen LogP contribution in [0.3, 0.4) is 0 Å². The first-order valence-electron chi connectivity index (χ1n) is 10.4. The number of halogens is 1. The molecule has 2 heterocycles. The molecule has 164 valence electrons. The fourth-order valence-corrected chi connectivity index (χ4v) is 3.38. The second-order valence-corrected chi connectivity index (χ2v) is 7.68. The summed E-state index contributed by atoms with van der Waals surface area (Å²) in [5.74, 6) is 0.819. The third-order valence-electron chi connectivity index (χ3n) is 5.11. The van der Waals surface area contributed by atoms with E-state index in [1.165, 1.54) is 18.4 Å². The maximum atomic E-state index is 13.5. The number of hydrogen-bond acceptors (Lipinski definition) is 4. The number of carbonyl (C=O) groups excluding carboxylic acids is 1. The maximum Gasteiger partial charge on any atom is 0.290 e. The lowest BCUT2D eigenvalue weighted by Crippen LogP contribution is -2.36. The van der Waals surface area contributed by atoms with Crippen molar-refractivity contribution in [2.75, 3.05) is 0 Å². The first kappa shape index (κ1) is 21.4. The van der Waals surface area contributed by atoms with Crippen LogP contribution in [0.2, 0.25) is 0 Å². The normalized spacial score (nSPS) is 11.0. The van der Waals surface area contributed by atoms with Gasteiger partial charge in [-0.15, -0.1) is 0 Å². The van der Waals surface area contributed by atoms with Crippen molar-refractivity contribution in [2.24, 2.45) is 0 Å². The largest absolute Gasteiger partial charge is 0.459 e. The van der Waals surface area contributed by atoms with Crippen LogP contribution in [0.5, 0.6) is 11.6 Å². The smallest absolute Gasteiger partial charge is 0.290 e. The van der Waals surface area contributed by atoms with Crippen LogP contribution in [0.1, 0.15) is 35.7 Å². The van der Waals surface area contributed by atoms with Gasteiger partial charge in [-0.1, -0.05) is 18.2 Å². The minimum absolute atomic E-state index is 0.0919.